The summed E-state index contributed by atoms with van der Waals surface area (Å²) in [4.78, 5) is 14.4. The Balaban J connectivity index is 1.64. The van der Waals surface area contributed by atoms with Gasteiger partial charge in [-0.05, 0) is 25.3 Å². The lowest BCUT2D eigenvalue weighted by atomic mass is 9.92. The highest BCUT2D eigenvalue weighted by atomic mass is 16.5. The van der Waals surface area contributed by atoms with E-state index in [1.54, 1.807) is 0 Å². The van der Waals surface area contributed by atoms with E-state index in [1.807, 2.05) is 0 Å². The molecule has 0 aromatic rings. The minimum Gasteiger partial charge on any atom is -0.379 e. The second-order valence-electron chi connectivity index (χ2n) is 5.30. The molecule has 2 heterocycles. The lowest BCUT2D eigenvalue weighted by molar-refractivity contribution is -0.124. The molecule has 0 saturated carbocycles. The quantitative estimate of drug-likeness (QED) is 0.732. The molecule has 0 aromatic heterocycles. The lowest BCUT2D eigenvalue weighted by Crippen LogP contribution is -2.52. The van der Waals surface area contributed by atoms with E-state index in [1.165, 1.54) is 6.42 Å². The van der Waals surface area contributed by atoms with Crippen LogP contribution in [0.25, 0.3) is 0 Å². The van der Waals surface area contributed by atoms with E-state index in [4.69, 9.17) is 4.74 Å². The van der Waals surface area contributed by atoms with E-state index in [-0.39, 0.29) is 11.9 Å². The number of amides is 1. The average Bonchev–Trinajstić information content (AvgIpc) is 2.40. The Bertz CT molecular complexity index is 267. The molecule has 5 heteroatoms. The summed E-state index contributed by atoms with van der Waals surface area (Å²) in [5.41, 5.74) is 0. The molecule has 0 aromatic carbocycles. The number of piperidine rings is 1. The molecule has 0 spiro atoms. The predicted octanol–water partition coefficient (Wildman–Crippen LogP) is -0.177. The Morgan fingerprint density at radius 3 is 2.94 bits per heavy atom. The van der Waals surface area contributed by atoms with Gasteiger partial charge in [-0.2, -0.15) is 0 Å². The number of hydrogen-bond acceptors (Lipinski definition) is 4. The number of hydrogen-bond donors (Lipinski definition) is 2. The maximum atomic E-state index is 12.0. The molecule has 0 bridgehead atoms. The van der Waals surface area contributed by atoms with Gasteiger partial charge in [0.25, 0.3) is 0 Å². The summed E-state index contributed by atoms with van der Waals surface area (Å²) in [6.45, 7) is 8.37. The largest absolute Gasteiger partial charge is 0.379 e. The summed E-state index contributed by atoms with van der Waals surface area (Å²) in [5.74, 6) is 0.609. The van der Waals surface area contributed by atoms with Crippen molar-refractivity contribution in [1.82, 2.24) is 15.5 Å². The van der Waals surface area contributed by atoms with Gasteiger partial charge in [0.15, 0.2) is 0 Å². The summed E-state index contributed by atoms with van der Waals surface area (Å²) in [5, 5.41) is 6.36. The van der Waals surface area contributed by atoms with Crippen LogP contribution in [-0.2, 0) is 9.53 Å². The second-order valence-corrected chi connectivity index (χ2v) is 5.30. The molecule has 2 saturated heterocycles. The van der Waals surface area contributed by atoms with Crippen LogP contribution in [0.1, 0.15) is 19.8 Å². The Morgan fingerprint density at radius 2 is 2.22 bits per heavy atom. The molecule has 2 aliphatic rings. The van der Waals surface area contributed by atoms with Gasteiger partial charge in [-0.1, -0.05) is 6.92 Å². The number of carbonyl (C=O) groups excluding carboxylic acids is 1. The van der Waals surface area contributed by atoms with E-state index in [0.29, 0.717) is 5.92 Å². The van der Waals surface area contributed by atoms with Gasteiger partial charge < -0.3 is 15.4 Å². The van der Waals surface area contributed by atoms with Gasteiger partial charge in [-0.15, -0.1) is 0 Å². The zero-order valence-corrected chi connectivity index (χ0v) is 11.3. The highest BCUT2D eigenvalue weighted by Crippen LogP contribution is 2.15. The zero-order chi connectivity index (χ0) is 12.8. The first-order valence-corrected chi connectivity index (χ1v) is 7.08. The van der Waals surface area contributed by atoms with Crippen molar-refractivity contribution in [3.8, 4) is 0 Å². The summed E-state index contributed by atoms with van der Waals surface area (Å²) >= 11 is 0. The van der Waals surface area contributed by atoms with Crippen LogP contribution in [0.2, 0.25) is 0 Å². The smallest absolute Gasteiger partial charge is 0.237 e. The number of nitrogens with zero attached hydrogens (tertiary/aromatic N) is 1. The van der Waals surface area contributed by atoms with Crippen LogP contribution in [0.15, 0.2) is 0 Å². The van der Waals surface area contributed by atoms with Crippen molar-refractivity contribution in [3.05, 3.63) is 0 Å². The summed E-state index contributed by atoms with van der Waals surface area (Å²) < 4.78 is 5.30. The first-order valence-electron chi connectivity index (χ1n) is 7.08. The highest BCUT2D eigenvalue weighted by molar-refractivity contribution is 5.82. The summed E-state index contributed by atoms with van der Waals surface area (Å²) in [6, 6.07) is 0.00318. The number of rotatable bonds is 4. The van der Waals surface area contributed by atoms with Crippen LogP contribution in [0.4, 0.5) is 0 Å². The number of ether oxygens (including phenoxy) is 1. The molecule has 2 fully saturated rings. The molecule has 2 aliphatic heterocycles. The first kappa shape index (κ1) is 13.8. The Labute approximate surface area is 109 Å². The Kier molecular flexibility index (Phi) is 5.41. The number of morpholine rings is 1. The van der Waals surface area contributed by atoms with Crippen LogP contribution >= 0.6 is 0 Å². The van der Waals surface area contributed by atoms with Gasteiger partial charge in [0, 0.05) is 26.2 Å². The van der Waals surface area contributed by atoms with Gasteiger partial charge >= 0.3 is 0 Å². The van der Waals surface area contributed by atoms with Crippen LogP contribution in [0.3, 0.4) is 0 Å². The molecule has 18 heavy (non-hydrogen) atoms. The second kappa shape index (κ2) is 7.07. The summed E-state index contributed by atoms with van der Waals surface area (Å²) in [6.07, 6.45) is 2.33. The SMILES string of the molecule is CC1CCCNC1C(=O)NCCN1CCOCC1. The highest BCUT2D eigenvalue weighted by Gasteiger charge is 2.26. The normalized spacial score (nSPS) is 30.1. The van der Waals surface area contributed by atoms with Crippen molar-refractivity contribution in [2.45, 2.75) is 25.8 Å². The Hall–Kier alpha value is -0.650. The van der Waals surface area contributed by atoms with Crippen LogP contribution < -0.4 is 10.6 Å². The maximum absolute atomic E-state index is 12.0. The maximum Gasteiger partial charge on any atom is 0.237 e. The number of nitrogens with one attached hydrogen (secondary N) is 2. The summed E-state index contributed by atoms with van der Waals surface area (Å²) in [7, 11) is 0. The van der Waals surface area contributed by atoms with Gasteiger partial charge in [-0.25, -0.2) is 0 Å². The average molecular weight is 255 g/mol. The molecule has 5 nitrogen and oxygen atoms in total. The molecular weight excluding hydrogens is 230 g/mol. The molecule has 2 atom stereocenters. The third-order valence-electron chi connectivity index (χ3n) is 3.88. The fraction of sp³-hybridized carbons (Fsp3) is 0.923. The molecular formula is C13H25N3O2. The van der Waals surface area contributed by atoms with Gasteiger partial charge in [0.05, 0.1) is 19.3 Å². The molecule has 2 rings (SSSR count). The first-order chi connectivity index (χ1) is 8.77. The fourth-order valence-electron chi connectivity index (χ4n) is 2.67. The zero-order valence-electron chi connectivity index (χ0n) is 11.3. The van der Waals surface area contributed by atoms with Crippen molar-refractivity contribution in [2.75, 3.05) is 45.9 Å². The van der Waals surface area contributed by atoms with E-state index in [9.17, 15) is 4.79 Å². The monoisotopic (exact) mass is 255 g/mol. The fourth-order valence-corrected chi connectivity index (χ4v) is 2.67. The minimum absolute atomic E-state index is 0.00318. The molecule has 1 amide bonds. The van der Waals surface area contributed by atoms with Crippen molar-refractivity contribution in [3.63, 3.8) is 0 Å². The number of carbonyl (C=O) groups is 1. The molecule has 104 valence electrons. The van der Waals surface area contributed by atoms with Crippen LogP contribution in [0, 0.1) is 5.92 Å². The van der Waals surface area contributed by atoms with Gasteiger partial charge in [0.1, 0.15) is 0 Å². The van der Waals surface area contributed by atoms with Crippen molar-refractivity contribution in [1.29, 1.82) is 0 Å². The standard InChI is InChI=1S/C13H25N3O2/c1-11-3-2-4-14-12(11)13(17)15-5-6-16-7-9-18-10-8-16/h11-12,14H,2-10H2,1H3,(H,15,17). The van der Waals surface area contributed by atoms with Gasteiger partial charge in [0.2, 0.25) is 5.91 Å². The van der Waals surface area contributed by atoms with Crippen LogP contribution in [-0.4, -0.2) is 62.8 Å². The predicted molar refractivity (Wildman–Crippen MR) is 70.5 cm³/mol. The molecule has 0 radical (unpaired) electrons. The van der Waals surface area contributed by atoms with Crippen molar-refractivity contribution in [2.24, 2.45) is 5.92 Å². The minimum atomic E-state index is 0.00318. The van der Waals surface area contributed by atoms with E-state index < -0.39 is 0 Å². The Morgan fingerprint density at radius 1 is 1.44 bits per heavy atom. The topological polar surface area (TPSA) is 53.6 Å². The van der Waals surface area contributed by atoms with E-state index in [0.717, 1.165) is 52.4 Å². The molecule has 0 aliphatic carbocycles. The molecule has 2 N–H and O–H groups in total. The molecule has 2 unspecified atom stereocenters. The van der Waals surface area contributed by atoms with E-state index >= 15 is 0 Å². The third-order valence-corrected chi connectivity index (χ3v) is 3.88. The van der Waals surface area contributed by atoms with Crippen molar-refractivity contribution < 1.29 is 9.53 Å². The third kappa shape index (κ3) is 3.93. The van der Waals surface area contributed by atoms with Gasteiger partial charge in [-0.3, -0.25) is 9.69 Å². The van der Waals surface area contributed by atoms with E-state index in [2.05, 4.69) is 22.5 Å². The lowest BCUT2D eigenvalue weighted by Gasteiger charge is -2.30. The van der Waals surface area contributed by atoms with Crippen molar-refractivity contribution >= 4 is 5.91 Å². The van der Waals surface area contributed by atoms with Crippen LogP contribution in [0.5, 0.6) is 0 Å².